The van der Waals surface area contributed by atoms with Gasteiger partial charge in [0.2, 0.25) is 5.88 Å². The van der Waals surface area contributed by atoms with Gasteiger partial charge in [0.05, 0.1) is 18.1 Å². The van der Waals surface area contributed by atoms with Crippen LogP contribution in [0.1, 0.15) is 24.8 Å². The summed E-state index contributed by atoms with van der Waals surface area (Å²) in [6.07, 6.45) is 4.54. The van der Waals surface area contributed by atoms with Crippen molar-refractivity contribution in [2.45, 2.75) is 25.7 Å². The number of H-pyrrole nitrogens is 1. The van der Waals surface area contributed by atoms with E-state index in [1.54, 1.807) is 0 Å². The Morgan fingerprint density at radius 1 is 1.07 bits per heavy atom. The lowest BCUT2D eigenvalue weighted by molar-refractivity contribution is 0.246. The van der Waals surface area contributed by atoms with Gasteiger partial charge in [0.15, 0.2) is 0 Å². The van der Waals surface area contributed by atoms with E-state index in [1.807, 2.05) is 36.4 Å². The summed E-state index contributed by atoms with van der Waals surface area (Å²) in [6.45, 7) is 1.13. The average molecular weight is 397 g/mol. The van der Waals surface area contributed by atoms with E-state index < -0.39 is 0 Å². The van der Waals surface area contributed by atoms with Crippen molar-refractivity contribution in [3.8, 4) is 27.8 Å². The largest absolute Gasteiger partial charge is 0.493 e. The number of ether oxygens (including phenoxy) is 2. The Bertz CT molecular complexity index is 990. The molecular formula is C22H23NO4S. The molecule has 0 radical (unpaired) electrons. The molecule has 0 aliphatic heterocycles. The normalized spacial score (nSPS) is 13.4. The SMILES string of the molecule is O=c1[nH]c(O)c(-c2cccc(OCCCOc3ccccc3CC3CC3)c2)s1. The predicted octanol–water partition coefficient (Wildman–Crippen LogP) is 4.61. The zero-order chi connectivity index (χ0) is 19.3. The third-order valence-electron chi connectivity index (χ3n) is 4.72. The van der Waals surface area contributed by atoms with Crippen LogP contribution in [0.4, 0.5) is 0 Å². The van der Waals surface area contributed by atoms with Crippen LogP contribution in [0.15, 0.2) is 53.3 Å². The molecule has 0 spiro atoms. The molecule has 1 saturated carbocycles. The molecule has 1 heterocycles. The van der Waals surface area contributed by atoms with Crippen molar-refractivity contribution < 1.29 is 14.6 Å². The zero-order valence-electron chi connectivity index (χ0n) is 15.5. The van der Waals surface area contributed by atoms with Crippen LogP contribution in [-0.4, -0.2) is 23.3 Å². The van der Waals surface area contributed by atoms with Crippen LogP contribution in [0, 0.1) is 5.92 Å². The molecule has 1 fully saturated rings. The molecule has 0 bridgehead atoms. The lowest BCUT2D eigenvalue weighted by Crippen LogP contribution is -2.06. The van der Waals surface area contributed by atoms with E-state index in [9.17, 15) is 9.90 Å². The number of aromatic hydroxyl groups is 1. The maximum absolute atomic E-state index is 11.4. The highest BCUT2D eigenvalue weighted by Gasteiger charge is 2.22. The molecule has 2 N–H and O–H groups in total. The number of aromatic nitrogens is 1. The number of hydrogen-bond donors (Lipinski definition) is 2. The van der Waals surface area contributed by atoms with Gasteiger partial charge in [-0.1, -0.05) is 41.7 Å². The van der Waals surface area contributed by atoms with E-state index in [0.717, 1.165) is 41.4 Å². The monoisotopic (exact) mass is 397 g/mol. The van der Waals surface area contributed by atoms with Gasteiger partial charge < -0.3 is 14.6 Å². The minimum Gasteiger partial charge on any atom is -0.493 e. The molecule has 2 aromatic carbocycles. The van der Waals surface area contributed by atoms with Gasteiger partial charge in [-0.2, -0.15) is 0 Å². The number of rotatable bonds is 9. The standard InChI is InChI=1S/C22H23NO4S/c24-21-20(28-22(25)23-21)17-6-3-7-18(14-17)26-11-4-12-27-19-8-2-1-5-16(19)13-15-9-10-15/h1-3,5-8,14-15,24H,4,9-13H2,(H,23,25). The summed E-state index contributed by atoms with van der Waals surface area (Å²) in [5.74, 6) is 2.41. The van der Waals surface area contributed by atoms with Gasteiger partial charge >= 0.3 is 4.87 Å². The summed E-state index contributed by atoms with van der Waals surface area (Å²) in [6, 6.07) is 15.6. The van der Waals surface area contributed by atoms with Gasteiger partial charge in [-0.05, 0) is 48.9 Å². The van der Waals surface area contributed by atoms with E-state index in [2.05, 4.69) is 17.1 Å². The third-order valence-corrected chi connectivity index (χ3v) is 5.64. The Hall–Kier alpha value is -2.73. The maximum Gasteiger partial charge on any atom is 0.307 e. The summed E-state index contributed by atoms with van der Waals surface area (Å²) in [7, 11) is 0. The minimum atomic E-state index is -0.280. The van der Waals surface area contributed by atoms with Gasteiger partial charge in [0, 0.05) is 12.0 Å². The number of para-hydroxylation sites is 1. The van der Waals surface area contributed by atoms with Crippen LogP contribution in [0.5, 0.6) is 17.4 Å². The number of nitrogens with one attached hydrogen (secondary N) is 1. The second-order valence-corrected chi connectivity index (χ2v) is 8.01. The van der Waals surface area contributed by atoms with Crippen LogP contribution < -0.4 is 14.3 Å². The molecule has 28 heavy (non-hydrogen) atoms. The molecule has 6 heteroatoms. The number of thiazole rings is 1. The maximum atomic E-state index is 11.4. The summed E-state index contributed by atoms with van der Waals surface area (Å²) >= 11 is 0.979. The van der Waals surface area contributed by atoms with Crippen molar-refractivity contribution in [1.82, 2.24) is 4.98 Å². The van der Waals surface area contributed by atoms with E-state index >= 15 is 0 Å². The average Bonchev–Trinajstić information content (AvgIpc) is 3.44. The quantitative estimate of drug-likeness (QED) is 0.517. The second kappa shape index (κ2) is 8.52. The van der Waals surface area contributed by atoms with Gasteiger partial charge in [-0.3, -0.25) is 9.78 Å². The van der Waals surface area contributed by atoms with E-state index in [1.165, 1.54) is 18.4 Å². The summed E-state index contributed by atoms with van der Waals surface area (Å²) in [4.78, 5) is 14.0. The van der Waals surface area contributed by atoms with Crippen LogP contribution in [0.25, 0.3) is 10.4 Å². The Morgan fingerprint density at radius 3 is 2.68 bits per heavy atom. The van der Waals surface area contributed by atoms with Crippen molar-refractivity contribution in [2.75, 3.05) is 13.2 Å². The fraction of sp³-hybridized carbons (Fsp3) is 0.318. The Labute approximate surface area is 167 Å². The summed E-state index contributed by atoms with van der Waals surface area (Å²) in [5.41, 5.74) is 2.05. The first-order valence-electron chi connectivity index (χ1n) is 9.55. The Morgan fingerprint density at radius 2 is 1.89 bits per heavy atom. The van der Waals surface area contributed by atoms with E-state index in [4.69, 9.17) is 9.47 Å². The smallest absolute Gasteiger partial charge is 0.307 e. The van der Waals surface area contributed by atoms with Gasteiger partial charge in [-0.15, -0.1) is 0 Å². The highest BCUT2D eigenvalue weighted by Crippen LogP contribution is 2.35. The van der Waals surface area contributed by atoms with Crippen LogP contribution in [0.3, 0.4) is 0 Å². The zero-order valence-corrected chi connectivity index (χ0v) is 16.3. The van der Waals surface area contributed by atoms with Crippen LogP contribution in [0.2, 0.25) is 0 Å². The molecule has 1 aliphatic rings. The highest BCUT2D eigenvalue weighted by atomic mass is 32.1. The number of hydrogen-bond acceptors (Lipinski definition) is 5. The first kappa shape index (κ1) is 18.6. The third kappa shape index (κ3) is 4.75. The van der Waals surface area contributed by atoms with Crippen molar-refractivity contribution in [1.29, 1.82) is 0 Å². The van der Waals surface area contributed by atoms with E-state index in [-0.39, 0.29) is 10.8 Å². The molecular weight excluding hydrogens is 374 g/mol. The van der Waals surface area contributed by atoms with E-state index in [0.29, 0.717) is 23.8 Å². The molecule has 146 valence electrons. The first-order valence-corrected chi connectivity index (χ1v) is 10.4. The van der Waals surface area contributed by atoms with Crippen molar-refractivity contribution >= 4 is 11.3 Å². The van der Waals surface area contributed by atoms with Crippen molar-refractivity contribution in [3.63, 3.8) is 0 Å². The summed E-state index contributed by atoms with van der Waals surface area (Å²) in [5, 5.41) is 9.81. The molecule has 1 aromatic heterocycles. The van der Waals surface area contributed by atoms with Crippen LogP contribution in [-0.2, 0) is 6.42 Å². The van der Waals surface area contributed by atoms with Gasteiger partial charge in [-0.25, -0.2) is 0 Å². The van der Waals surface area contributed by atoms with Crippen molar-refractivity contribution in [3.05, 3.63) is 63.8 Å². The molecule has 0 amide bonds. The van der Waals surface area contributed by atoms with Crippen LogP contribution >= 0.6 is 11.3 Å². The molecule has 1 aliphatic carbocycles. The van der Waals surface area contributed by atoms with Gasteiger partial charge in [0.1, 0.15) is 11.5 Å². The second-order valence-electron chi connectivity index (χ2n) is 7.03. The molecule has 0 unspecified atom stereocenters. The first-order chi connectivity index (χ1) is 13.7. The Kier molecular flexibility index (Phi) is 5.67. The van der Waals surface area contributed by atoms with Gasteiger partial charge in [0.25, 0.3) is 0 Å². The fourth-order valence-electron chi connectivity index (χ4n) is 3.12. The fourth-order valence-corrected chi connectivity index (χ4v) is 3.85. The topological polar surface area (TPSA) is 71.6 Å². The molecule has 0 saturated heterocycles. The highest BCUT2D eigenvalue weighted by molar-refractivity contribution is 7.13. The molecule has 4 rings (SSSR count). The molecule has 5 nitrogen and oxygen atoms in total. The van der Waals surface area contributed by atoms with Crippen molar-refractivity contribution in [2.24, 2.45) is 5.92 Å². The lowest BCUT2D eigenvalue weighted by Gasteiger charge is -2.12. The molecule has 0 atom stereocenters. The minimum absolute atomic E-state index is 0.106. The predicted molar refractivity (Wildman–Crippen MR) is 111 cm³/mol. The molecule has 3 aromatic rings. The summed E-state index contributed by atoms with van der Waals surface area (Å²) < 4.78 is 11.8. The number of aromatic amines is 1. The lowest BCUT2D eigenvalue weighted by atomic mass is 10.1. The number of benzene rings is 2. The Balaban J connectivity index is 1.27.